The highest BCUT2D eigenvalue weighted by atomic mass is 16.6. The Labute approximate surface area is 275 Å². The van der Waals surface area contributed by atoms with E-state index < -0.39 is 57.4 Å². The van der Waals surface area contributed by atoms with Crippen LogP contribution >= 0.6 is 0 Å². The highest BCUT2D eigenvalue weighted by Crippen LogP contribution is 2.51. The minimum Gasteiger partial charge on any atom is -0.507 e. The zero-order valence-corrected chi connectivity index (χ0v) is 26.5. The molecule has 0 aliphatic carbocycles. The molecule has 252 valence electrons. The van der Waals surface area contributed by atoms with Crippen molar-refractivity contribution in [3.05, 3.63) is 79.6 Å². The van der Waals surface area contributed by atoms with Gasteiger partial charge in [-0.05, 0) is 58.4 Å². The van der Waals surface area contributed by atoms with Crippen LogP contribution in [-0.4, -0.2) is 47.5 Å². The lowest BCUT2D eigenvalue weighted by Gasteiger charge is -2.30. The van der Waals surface area contributed by atoms with E-state index in [-0.39, 0.29) is 78.7 Å². The first-order valence-electron chi connectivity index (χ1n) is 15.1. The lowest BCUT2D eigenvalue weighted by Crippen LogP contribution is -2.43. The lowest BCUT2D eigenvalue weighted by atomic mass is 9.93. The van der Waals surface area contributed by atoms with Gasteiger partial charge in [-0.2, -0.15) is 0 Å². The number of aliphatic hydroxyl groups is 1. The summed E-state index contributed by atoms with van der Waals surface area (Å²) < 4.78 is 24.3. The van der Waals surface area contributed by atoms with Crippen LogP contribution in [0.1, 0.15) is 44.9 Å². The van der Waals surface area contributed by atoms with Gasteiger partial charge in [0.1, 0.15) is 39.4 Å². The average molecular weight is 671 g/mol. The molecule has 13 heteroatoms. The van der Waals surface area contributed by atoms with Crippen LogP contribution in [0.4, 0.5) is 0 Å². The van der Waals surface area contributed by atoms with E-state index in [9.17, 15) is 45.3 Å². The Bertz CT molecular complexity index is 2550. The molecular weight excluding hydrogens is 640 g/mol. The molecule has 0 amide bonds. The summed E-state index contributed by atoms with van der Waals surface area (Å²) in [4.78, 5) is 27.2. The van der Waals surface area contributed by atoms with Gasteiger partial charge in [-0.25, -0.2) is 0 Å². The summed E-state index contributed by atoms with van der Waals surface area (Å²) in [6.45, 7) is 6.54. The van der Waals surface area contributed by atoms with E-state index in [2.05, 4.69) is 0 Å². The maximum Gasteiger partial charge on any atom is 0.204 e. The molecule has 0 unspecified atom stereocenters. The molecule has 6 aromatic rings. The maximum atomic E-state index is 13.6. The van der Waals surface area contributed by atoms with Crippen LogP contribution in [0, 0.1) is 0 Å². The Morgan fingerprint density at radius 1 is 0.776 bits per heavy atom. The molecule has 13 nitrogen and oxygen atoms in total. The van der Waals surface area contributed by atoms with Gasteiger partial charge in [0, 0.05) is 17.7 Å². The van der Waals surface area contributed by atoms with Crippen LogP contribution in [0.2, 0.25) is 0 Å². The number of hydrogen-bond donors (Lipinski definition) is 7. The Hall–Kier alpha value is -6.08. The summed E-state index contributed by atoms with van der Waals surface area (Å²) in [6, 6.07) is 7.09. The second-order valence-corrected chi connectivity index (χ2v) is 12.8. The fourth-order valence-corrected chi connectivity index (χ4v) is 6.21. The van der Waals surface area contributed by atoms with Crippen LogP contribution in [0.3, 0.4) is 0 Å². The minimum atomic E-state index is -1.65. The second kappa shape index (κ2) is 10.7. The monoisotopic (exact) mass is 670 g/mol. The molecule has 0 bridgehead atoms. The predicted octanol–water partition coefficient (Wildman–Crippen LogP) is 5.60. The highest BCUT2D eigenvalue weighted by molar-refractivity contribution is 5.99. The van der Waals surface area contributed by atoms with Gasteiger partial charge >= 0.3 is 0 Å². The second-order valence-electron chi connectivity index (χ2n) is 12.8. The molecule has 0 fully saturated rings. The van der Waals surface area contributed by atoms with E-state index in [1.165, 1.54) is 32.0 Å². The van der Waals surface area contributed by atoms with Crippen molar-refractivity contribution in [2.24, 2.45) is 0 Å². The molecule has 0 radical (unpaired) electrons. The Morgan fingerprint density at radius 2 is 1.37 bits per heavy atom. The van der Waals surface area contributed by atoms with Crippen molar-refractivity contribution in [3.8, 4) is 46.0 Å². The molecule has 3 heterocycles. The third-order valence-corrected chi connectivity index (χ3v) is 8.64. The van der Waals surface area contributed by atoms with Gasteiger partial charge in [0.25, 0.3) is 0 Å². The van der Waals surface area contributed by atoms with E-state index in [0.717, 1.165) is 23.8 Å². The fraction of sp³-hybridized carbons (Fsp3) is 0.222. The van der Waals surface area contributed by atoms with Crippen LogP contribution in [-0.2, 0) is 6.42 Å². The molecule has 1 aliphatic heterocycles. The summed E-state index contributed by atoms with van der Waals surface area (Å²) in [5.41, 5.74) is -3.07. The quantitative estimate of drug-likeness (QED) is 0.0675. The Balaban J connectivity index is 1.47. The minimum absolute atomic E-state index is 0.0278. The van der Waals surface area contributed by atoms with Crippen molar-refractivity contribution in [1.29, 1.82) is 0 Å². The van der Waals surface area contributed by atoms with Crippen molar-refractivity contribution in [2.45, 2.75) is 51.9 Å². The largest absolute Gasteiger partial charge is 0.507 e. The van der Waals surface area contributed by atoms with Crippen LogP contribution in [0.5, 0.6) is 46.0 Å². The molecule has 0 saturated carbocycles. The normalized spacial score (nSPS) is 15.9. The Morgan fingerprint density at radius 3 is 2.02 bits per heavy atom. The van der Waals surface area contributed by atoms with Crippen molar-refractivity contribution >= 4 is 43.9 Å². The molecule has 1 aliphatic rings. The van der Waals surface area contributed by atoms with Gasteiger partial charge in [0.05, 0.1) is 21.9 Å². The summed E-state index contributed by atoms with van der Waals surface area (Å²) in [7, 11) is 0. The first-order valence-corrected chi connectivity index (χ1v) is 15.1. The number of hydrogen-bond acceptors (Lipinski definition) is 13. The molecule has 2 atom stereocenters. The fourth-order valence-electron chi connectivity index (χ4n) is 6.21. The predicted molar refractivity (Wildman–Crippen MR) is 177 cm³/mol. The smallest absolute Gasteiger partial charge is 0.204 e. The van der Waals surface area contributed by atoms with E-state index >= 15 is 0 Å². The molecule has 0 spiro atoms. The van der Waals surface area contributed by atoms with Crippen molar-refractivity contribution in [1.82, 2.24) is 0 Å². The van der Waals surface area contributed by atoms with Gasteiger partial charge in [-0.1, -0.05) is 11.6 Å². The molecule has 7 N–H and O–H groups in total. The van der Waals surface area contributed by atoms with Crippen LogP contribution < -0.4 is 20.3 Å². The average Bonchev–Trinajstić information content (AvgIpc) is 3.39. The zero-order valence-electron chi connectivity index (χ0n) is 26.5. The molecule has 4 aromatic carbocycles. The topological polar surface area (TPSA) is 220 Å². The van der Waals surface area contributed by atoms with E-state index in [0.29, 0.717) is 0 Å². The van der Waals surface area contributed by atoms with Gasteiger partial charge in [0.2, 0.25) is 22.4 Å². The number of fused-ring (bicyclic) bond motifs is 6. The third-order valence-electron chi connectivity index (χ3n) is 8.64. The zero-order chi connectivity index (χ0) is 35.3. The van der Waals surface area contributed by atoms with Gasteiger partial charge < -0.3 is 54.1 Å². The van der Waals surface area contributed by atoms with E-state index in [1.54, 1.807) is 6.08 Å². The van der Waals surface area contributed by atoms with Gasteiger partial charge in [-0.15, -0.1) is 0 Å². The first-order chi connectivity index (χ1) is 23.1. The van der Waals surface area contributed by atoms with Gasteiger partial charge in [-0.3, -0.25) is 9.59 Å². The lowest BCUT2D eigenvalue weighted by molar-refractivity contribution is -0.0693. The molecule has 49 heavy (non-hydrogen) atoms. The van der Waals surface area contributed by atoms with Crippen LogP contribution in [0.15, 0.2) is 66.5 Å². The summed E-state index contributed by atoms with van der Waals surface area (Å²) in [5, 5.41) is 74.7. The van der Waals surface area contributed by atoms with Gasteiger partial charge in [0.15, 0.2) is 40.5 Å². The third kappa shape index (κ3) is 4.72. The molecule has 0 saturated heterocycles. The van der Waals surface area contributed by atoms with E-state index in [4.69, 9.17) is 18.3 Å². The number of aromatic hydroxyl groups is 6. The van der Waals surface area contributed by atoms with Crippen molar-refractivity contribution in [3.63, 3.8) is 0 Å². The Kier molecular flexibility index (Phi) is 6.89. The standard InChI is InChI=1S/C36H30O13/c1-13(2)5-6-14-18(38)11-19(39)23-26(41)16-8-10-21(29(44)32(16)48-30(14)23)46-34-25-22(47-35(34)36(3,4)45)12-20(40)24-27(42)15-7-9-17(37)28(43)31(15)49-33(24)25/h5,7-12,34-35,37-40,43-45H,6H2,1-4H3/t34-,35-/m1/s1. The number of rotatable bonds is 5. The van der Waals surface area contributed by atoms with Crippen molar-refractivity contribution in [2.75, 3.05) is 0 Å². The van der Waals surface area contributed by atoms with Crippen molar-refractivity contribution < 1.29 is 54.1 Å². The number of ether oxygens (including phenoxy) is 2. The first kappa shape index (κ1) is 31.5. The number of allylic oxidation sites excluding steroid dienone is 2. The molecule has 7 rings (SSSR count). The highest BCUT2D eigenvalue weighted by Gasteiger charge is 2.48. The summed E-state index contributed by atoms with van der Waals surface area (Å²) in [5.74, 6) is -3.60. The molecular formula is C36H30O13. The maximum absolute atomic E-state index is 13.6. The summed E-state index contributed by atoms with van der Waals surface area (Å²) in [6.07, 6.45) is -0.661. The summed E-state index contributed by atoms with van der Waals surface area (Å²) >= 11 is 0. The SMILES string of the molecule is CC(C)=CCc1c(O)cc(O)c2c(=O)c3ccc(O[C@@H]4c5c(cc(O)c6c(=O)c7ccc(O)c(O)c7oc56)O[C@H]4C(C)(C)O)c(O)c3oc12. The van der Waals surface area contributed by atoms with E-state index in [1.807, 2.05) is 13.8 Å². The number of phenols is 6. The number of phenolic OH excluding ortho intramolecular Hbond substituents is 6. The number of benzene rings is 4. The molecule has 2 aromatic heterocycles. The van der Waals surface area contributed by atoms with Crippen LogP contribution in [0.25, 0.3) is 43.9 Å².